The Morgan fingerprint density at radius 3 is 1.53 bits per heavy atom. The number of aromatic nitrogens is 2. The second-order valence-corrected chi connectivity index (χ2v) is 10.1. The lowest BCUT2D eigenvalue weighted by atomic mass is 10.1. The third-order valence-corrected chi connectivity index (χ3v) is 6.72. The van der Waals surface area contributed by atoms with E-state index in [0.717, 1.165) is 20.1 Å². The van der Waals surface area contributed by atoms with Crippen molar-refractivity contribution in [2.24, 2.45) is 20.5 Å². The van der Waals surface area contributed by atoms with Gasteiger partial charge in [-0.2, -0.15) is 0 Å². The van der Waals surface area contributed by atoms with E-state index in [4.69, 9.17) is 0 Å². The SMILES string of the molecule is Cc1cc(Br)c2[nH]c(O)c(N=NC(=O)CCCCC(=O)N=Nc3c(O)[nH]c4c(Br)cc(C)cc34)c2c1. The van der Waals surface area contributed by atoms with Crippen molar-refractivity contribution >= 4 is 76.9 Å². The largest absolute Gasteiger partial charge is 0.493 e. The van der Waals surface area contributed by atoms with E-state index in [-0.39, 0.29) is 36.0 Å². The van der Waals surface area contributed by atoms with E-state index in [0.29, 0.717) is 34.6 Å². The number of aryl methyl sites for hydroxylation is 2. The number of halogens is 2. The maximum absolute atomic E-state index is 12.1. The zero-order chi connectivity index (χ0) is 26.0. The maximum atomic E-state index is 12.1. The molecule has 0 saturated carbocycles. The summed E-state index contributed by atoms with van der Waals surface area (Å²) in [5.41, 5.74) is 3.63. The van der Waals surface area contributed by atoms with Crippen LogP contribution in [-0.4, -0.2) is 32.0 Å². The van der Waals surface area contributed by atoms with Crippen LogP contribution in [0.3, 0.4) is 0 Å². The summed E-state index contributed by atoms with van der Waals surface area (Å²) in [5, 5.41) is 36.9. The van der Waals surface area contributed by atoms with Gasteiger partial charge in [-0.3, -0.25) is 9.59 Å². The molecule has 2 aromatic heterocycles. The number of aromatic hydroxyl groups is 2. The van der Waals surface area contributed by atoms with Crippen molar-refractivity contribution in [2.75, 3.05) is 0 Å². The first kappa shape index (κ1) is 25.7. The quantitative estimate of drug-likeness (QED) is 0.124. The first-order chi connectivity index (χ1) is 17.1. The van der Waals surface area contributed by atoms with Crippen molar-refractivity contribution in [1.29, 1.82) is 0 Å². The zero-order valence-electron chi connectivity index (χ0n) is 19.4. The lowest BCUT2D eigenvalue weighted by Gasteiger charge is -1.98. The monoisotopic (exact) mass is 616 g/mol. The molecule has 12 heteroatoms. The van der Waals surface area contributed by atoms with E-state index in [1.807, 2.05) is 38.1 Å². The Hall–Kier alpha value is -3.38. The number of carbonyl (C=O) groups is 2. The number of unbranched alkanes of at least 4 members (excludes halogenated alkanes) is 1. The number of azo groups is 2. The molecule has 0 atom stereocenters. The van der Waals surface area contributed by atoms with E-state index in [9.17, 15) is 19.8 Å². The van der Waals surface area contributed by atoms with Gasteiger partial charge in [0.15, 0.2) is 11.4 Å². The number of amides is 2. The molecule has 2 amide bonds. The molecule has 4 aromatic rings. The molecule has 0 saturated heterocycles. The second kappa shape index (κ2) is 10.7. The zero-order valence-corrected chi connectivity index (χ0v) is 22.6. The number of rotatable bonds is 7. The van der Waals surface area contributed by atoms with Crippen molar-refractivity contribution in [3.63, 3.8) is 0 Å². The first-order valence-electron chi connectivity index (χ1n) is 11.0. The number of aromatic amines is 2. The number of hydrogen-bond acceptors (Lipinski definition) is 6. The highest BCUT2D eigenvalue weighted by Gasteiger charge is 2.15. The van der Waals surface area contributed by atoms with E-state index in [1.165, 1.54) is 0 Å². The molecule has 2 heterocycles. The summed E-state index contributed by atoms with van der Waals surface area (Å²) in [6, 6.07) is 7.47. The molecule has 0 aliphatic carbocycles. The topological polar surface area (TPSA) is 156 Å². The Morgan fingerprint density at radius 2 is 1.14 bits per heavy atom. The van der Waals surface area contributed by atoms with Crippen LogP contribution in [0, 0.1) is 13.8 Å². The van der Waals surface area contributed by atoms with Crippen molar-refractivity contribution in [3.8, 4) is 11.8 Å². The lowest BCUT2D eigenvalue weighted by Crippen LogP contribution is -1.95. The fourth-order valence-corrected chi connectivity index (χ4v) is 5.14. The molecule has 0 fully saturated rings. The van der Waals surface area contributed by atoms with E-state index in [2.05, 4.69) is 62.3 Å². The molecule has 0 spiro atoms. The summed E-state index contributed by atoms with van der Waals surface area (Å²) in [6.07, 6.45) is 1.01. The average Bonchev–Trinajstić information content (AvgIpc) is 3.29. The van der Waals surface area contributed by atoms with E-state index < -0.39 is 11.8 Å². The van der Waals surface area contributed by atoms with Gasteiger partial charge in [0, 0.05) is 32.6 Å². The Bertz CT molecular complexity index is 1440. The molecule has 0 aliphatic rings. The van der Waals surface area contributed by atoms with Gasteiger partial charge >= 0.3 is 0 Å². The molecule has 2 aromatic carbocycles. The average molecular weight is 618 g/mol. The standard InChI is InChI=1S/C24H22Br2N6O4/c1-11-7-13-19(15(25)9-11)27-23(35)21(13)31-29-17(33)5-3-4-6-18(34)30-32-22-14-8-12(2)10-16(26)20(14)28-24(22)36/h7-10,27-28,35-36H,3-6H2,1-2H3. The van der Waals surface area contributed by atoms with Crippen LogP contribution in [0.15, 0.2) is 53.7 Å². The number of nitrogens with one attached hydrogen (secondary N) is 2. The molecule has 0 unspecified atom stereocenters. The molecule has 0 bridgehead atoms. The fourth-order valence-electron chi connectivity index (χ4n) is 3.79. The van der Waals surface area contributed by atoms with Gasteiger partial charge in [-0.1, -0.05) is 0 Å². The van der Waals surface area contributed by atoms with Crippen molar-refractivity contribution < 1.29 is 19.8 Å². The molecule has 0 aliphatic heterocycles. The molecule has 4 rings (SSSR count). The second-order valence-electron chi connectivity index (χ2n) is 8.38. The van der Waals surface area contributed by atoms with Crippen LogP contribution in [0.25, 0.3) is 21.8 Å². The van der Waals surface area contributed by atoms with Crippen LogP contribution in [0.5, 0.6) is 11.8 Å². The molecule has 10 nitrogen and oxygen atoms in total. The van der Waals surface area contributed by atoms with Gasteiger partial charge in [0.25, 0.3) is 11.8 Å². The minimum Gasteiger partial charge on any atom is -0.493 e. The van der Waals surface area contributed by atoms with E-state index in [1.54, 1.807) is 0 Å². The van der Waals surface area contributed by atoms with Crippen LogP contribution < -0.4 is 0 Å². The number of hydrogen-bond donors (Lipinski definition) is 4. The van der Waals surface area contributed by atoms with Gasteiger partial charge in [-0.05, 0) is 93.9 Å². The van der Waals surface area contributed by atoms with Gasteiger partial charge in [0.2, 0.25) is 11.8 Å². The van der Waals surface area contributed by atoms with Crippen molar-refractivity contribution in [2.45, 2.75) is 39.5 Å². The van der Waals surface area contributed by atoms with Crippen molar-refractivity contribution in [1.82, 2.24) is 9.97 Å². The van der Waals surface area contributed by atoms with E-state index >= 15 is 0 Å². The van der Waals surface area contributed by atoms with Gasteiger partial charge in [-0.25, -0.2) is 0 Å². The Kier molecular flexibility index (Phi) is 7.65. The Morgan fingerprint density at radius 1 is 0.750 bits per heavy atom. The smallest absolute Gasteiger partial charge is 0.264 e. The molecule has 4 N–H and O–H groups in total. The molecular weight excluding hydrogens is 596 g/mol. The van der Waals surface area contributed by atoms with Gasteiger partial charge in [-0.15, -0.1) is 20.5 Å². The number of H-pyrrole nitrogens is 2. The first-order valence-corrected chi connectivity index (χ1v) is 12.6. The minimum atomic E-state index is -0.464. The maximum Gasteiger partial charge on any atom is 0.264 e. The number of carbonyl (C=O) groups excluding carboxylic acids is 2. The highest BCUT2D eigenvalue weighted by Crippen LogP contribution is 2.40. The summed E-state index contributed by atoms with van der Waals surface area (Å²) < 4.78 is 1.54. The van der Waals surface area contributed by atoms with Gasteiger partial charge < -0.3 is 20.2 Å². The third-order valence-electron chi connectivity index (χ3n) is 5.47. The molecular formula is C24H22Br2N6O4. The lowest BCUT2D eigenvalue weighted by molar-refractivity contribution is -0.120. The predicted octanol–water partition coefficient (Wildman–Crippen LogP) is 7.68. The van der Waals surface area contributed by atoms with Crippen LogP contribution >= 0.6 is 31.9 Å². The highest BCUT2D eigenvalue weighted by atomic mass is 79.9. The normalized spacial score (nSPS) is 12.0. The van der Waals surface area contributed by atoms with Crippen LogP contribution in [0.2, 0.25) is 0 Å². The summed E-state index contributed by atoms with van der Waals surface area (Å²) in [6.45, 7) is 3.81. The Balaban J connectivity index is 1.30. The number of fused-ring (bicyclic) bond motifs is 2. The van der Waals surface area contributed by atoms with Crippen LogP contribution in [0.4, 0.5) is 11.4 Å². The summed E-state index contributed by atoms with van der Waals surface area (Å²) in [5.74, 6) is -1.27. The molecule has 36 heavy (non-hydrogen) atoms. The summed E-state index contributed by atoms with van der Waals surface area (Å²) >= 11 is 6.86. The summed E-state index contributed by atoms with van der Waals surface area (Å²) in [7, 11) is 0. The fraction of sp³-hybridized carbons (Fsp3) is 0.250. The number of benzene rings is 2. The number of nitrogens with zero attached hydrogens (tertiary/aromatic N) is 4. The Labute approximate surface area is 222 Å². The summed E-state index contributed by atoms with van der Waals surface area (Å²) in [4.78, 5) is 29.9. The third kappa shape index (κ3) is 5.54. The predicted molar refractivity (Wildman–Crippen MR) is 142 cm³/mol. The molecule has 0 radical (unpaired) electrons. The minimum absolute atomic E-state index is 0.0936. The molecule has 186 valence electrons. The van der Waals surface area contributed by atoms with Crippen LogP contribution in [0.1, 0.15) is 36.8 Å². The van der Waals surface area contributed by atoms with Gasteiger partial charge in [0.1, 0.15) is 0 Å². The van der Waals surface area contributed by atoms with Gasteiger partial charge in [0.05, 0.1) is 11.0 Å². The van der Waals surface area contributed by atoms with Crippen LogP contribution in [-0.2, 0) is 9.59 Å². The van der Waals surface area contributed by atoms with Crippen molar-refractivity contribution in [3.05, 3.63) is 44.3 Å². The highest BCUT2D eigenvalue weighted by molar-refractivity contribution is 9.11.